The van der Waals surface area contributed by atoms with Crippen molar-refractivity contribution >= 4 is 49.1 Å². The maximum atomic E-state index is 12.4. The summed E-state index contributed by atoms with van der Waals surface area (Å²) in [6.07, 6.45) is 0. The molecule has 0 aliphatic carbocycles. The van der Waals surface area contributed by atoms with Crippen LogP contribution in [0.25, 0.3) is 0 Å². The molecule has 1 N–H and O–H groups in total. The molecule has 0 spiro atoms. The van der Waals surface area contributed by atoms with Crippen LogP contribution >= 0.6 is 27.5 Å². The highest BCUT2D eigenvalue weighted by Crippen LogP contribution is 2.25. The zero-order chi connectivity index (χ0) is 17.9. The first kappa shape index (κ1) is 18.9. The molecule has 0 aromatic heterocycles. The van der Waals surface area contributed by atoms with Crippen LogP contribution in [0.4, 0.5) is 5.69 Å². The summed E-state index contributed by atoms with van der Waals surface area (Å²) in [4.78, 5) is 12.2. The number of aryl methyl sites for hydroxylation is 1. The summed E-state index contributed by atoms with van der Waals surface area (Å²) in [6, 6.07) is 11.4. The number of nitrogens with one attached hydrogen (secondary N) is 1. The van der Waals surface area contributed by atoms with Crippen molar-refractivity contribution in [3.8, 4) is 0 Å². The Labute approximate surface area is 154 Å². The molecule has 0 aliphatic rings. The van der Waals surface area contributed by atoms with Gasteiger partial charge in [-0.3, -0.25) is 4.79 Å². The number of hydrogen-bond donors (Lipinski definition) is 1. The van der Waals surface area contributed by atoms with Crippen molar-refractivity contribution in [2.45, 2.75) is 11.8 Å². The molecule has 0 radical (unpaired) electrons. The van der Waals surface area contributed by atoms with E-state index in [-0.39, 0.29) is 11.4 Å². The molecule has 5 nitrogen and oxygen atoms in total. The number of halogens is 2. The van der Waals surface area contributed by atoms with Gasteiger partial charge < -0.3 is 5.32 Å². The lowest BCUT2D eigenvalue weighted by Crippen LogP contribution is -2.34. The SMILES string of the molecule is Cc1ccc(S(=O)(=O)N(C)CC(=O)Nc2ccc(Br)c(Cl)c2)cc1. The molecule has 0 heterocycles. The maximum absolute atomic E-state index is 12.4. The molecule has 0 saturated carbocycles. The Kier molecular flexibility index (Phi) is 6.03. The predicted octanol–water partition coefficient (Wildman–Crippen LogP) is 3.67. The Bertz CT molecular complexity index is 854. The van der Waals surface area contributed by atoms with E-state index in [9.17, 15) is 13.2 Å². The van der Waals surface area contributed by atoms with Gasteiger partial charge in [0.15, 0.2) is 0 Å². The van der Waals surface area contributed by atoms with E-state index in [0.717, 1.165) is 9.87 Å². The smallest absolute Gasteiger partial charge is 0.243 e. The van der Waals surface area contributed by atoms with Crippen LogP contribution in [0.2, 0.25) is 5.02 Å². The Morgan fingerprint density at radius 1 is 1.21 bits per heavy atom. The minimum atomic E-state index is -3.72. The van der Waals surface area contributed by atoms with Crippen LogP contribution < -0.4 is 5.32 Å². The van der Waals surface area contributed by atoms with Crippen LogP contribution in [-0.2, 0) is 14.8 Å². The lowest BCUT2D eigenvalue weighted by atomic mass is 10.2. The van der Waals surface area contributed by atoms with Crippen molar-refractivity contribution in [2.24, 2.45) is 0 Å². The number of amides is 1. The van der Waals surface area contributed by atoms with Gasteiger partial charge in [0.2, 0.25) is 15.9 Å². The Hall–Kier alpha value is -1.41. The number of nitrogens with zero attached hydrogens (tertiary/aromatic N) is 1. The van der Waals surface area contributed by atoms with Gasteiger partial charge in [-0.2, -0.15) is 4.31 Å². The van der Waals surface area contributed by atoms with Gasteiger partial charge in [-0.05, 0) is 53.2 Å². The lowest BCUT2D eigenvalue weighted by molar-refractivity contribution is -0.116. The van der Waals surface area contributed by atoms with Crippen molar-refractivity contribution in [1.82, 2.24) is 4.31 Å². The number of likely N-dealkylation sites (N-methyl/N-ethyl adjacent to an activating group) is 1. The third kappa shape index (κ3) is 4.57. The first-order valence-electron chi connectivity index (χ1n) is 6.98. The Morgan fingerprint density at radius 3 is 2.42 bits per heavy atom. The van der Waals surface area contributed by atoms with Gasteiger partial charge in [-0.25, -0.2) is 8.42 Å². The number of rotatable bonds is 5. The molecule has 0 aliphatic heterocycles. The highest BCUT2D eigenvalue weighted by atomic mass is 79.9. The first-order valence-corrected chi connectivity index (χ1v) is 9.59. The van der Waals surface area contributed by atoms with E-state index in [2.05, 4.69) is 21.2 Å². The van der Waals surface area contributed by atoms with E-state index in [1.807, 2.05) is 6.92 Å². The van der Waals surface area contributed by atoms with Gasteiger partial charge in [0.1, 0.15) is 0 Å². The van der Waals surface area contributed by atoms with Gasteiger partial charge >= 0.3 is 0 Å². The third-order valence-corrected chi connectivity index (χ3v) is 6.35. The van der Waals surface area contributed by atoms with Crippen LogP contribution in [0, 0.1) is 6.92 Å². The minimum Gasteiger partial charge on any atom is -0.325 e. The van der Waals surface area contributed by atoms with Crippen LogP contribution in [0.15, 0.2) is 51.8 Å². The maximum Gasteiger partial charge on any atom is 0.243 e. The van der Waals surface area contributed by atoms with Crippen molar-refractivity contribution in [2.75, 3.05) is 18.9 Å². The van der Waals surface area contributed by atoms with E-state index >= 15 is 0 Å². The second-order valence-corrected chi connectivity index (χ2v) is 8.56. The molecule has 2 aromatic rings. The molecular formula is C16H16BrClN2O3S. The van der Waals surface area contributed by atoms with E-state index < -0.39 is 15.9 Å². The summed E-state index contributed by atoms with van der Waals surface area (Å²) in [7, 11) is -2.35. The van der Waals surface area contributed by atoms with Crippen molar-refractivity contribution in [3.05, 3.63) is 57.5 Å². The molecule has 0 unspecified atom stereocenters. The van der Waals surface area contributed by atoms with Gasteiger partial charge in [-0.1, -0.05) is 29.3 Å². The quantitative estimate of drug-likeness (QED) is 0.785. The first-order chi connectivity index (χ1) is 11.2. The Morgan fingerprint density at radius 2 is 1.83 bits per heavy atom. The average Bonchev–Trinajstić information content (AvgIpc) is 2.51. The standard InChI is InChI=1S/C16H16BrClN2O3S/c1-11-3-6-13(7-4-11)24(22,23)20(2)10-16(21)19-12-5-8-14(17)15(18)9-12/h3-9H,10H2,1-2H3,(H,19,21). The van der Waals surface area contributed by atoms with E-state index in [1.54, 1.807) is 30.3 Å². The van der Waals surface area contributed by atoms with E-state index in [0.29, 0.717) is 15.2 Å². The van der Waals surface area contributed by atoms with Crippen LogP contribution in [-0.4, -0.2) is 32.2 Å². The molecule has 128 valence electrons. The number of carbonyl (C=O) groups excluding carboxylic acids is 1. The van der Waals surface area contributed by atoms with Crippen molar-refractivity contribution in [3.63, 3.8) is 0 Å². The Balaban J connectivity index is 2.07. The molecule has 0 bridgehead atoms. The summed E-state index contributed by atoms with van der Waals surface area (Å²) >= 11 is 9.22. The summed E-state index contributed by atoms with van der Waals surface area (Å²) in [5.74, 6) is -0.452. The molecule has 24 heavy (non-hydrogen) atoms. The fraction of sp³-hybridized carbons (Fsp3) is 0.188. The number of anilines is 1. The molecule has 0 atom stereocenters. The van der Waals surface area contributed by atoms with Crippen LogP contribution in [0.3, 0.4) is 0 Å². The van der Waals surface area contributed by atoms with E-state index in [1.165, 1.54) is 19.2 Å². The highest BCUT2D eigenvalue weighted by Gasteiger charge is 2.22. The predicted molar refractivity (Wildman–Crippen MR) is 98.8 cm³/mol. The second kappa shape index (κ2) is 7.65. The number of benzene rings is 2. The minimum absolute atomic E-state index is 0.148. The van der Waals surface area contributed by atoms with E-state index in [4.69, 9.17) is 11.6 Å². The molecule has 8 heteroatoms. The molecular weight excluding hydrogens is 416 g/mol. The van der Waals surface area contributed by atoms with Gasteiger partial charge in [0.05, 0.1) is 16.5 Å². The summed E-state index contributed by atoms with van der Waals surface area (Å²) in [5.41, 5.74) is 1.45. The van der Waals surface area contributed by atoms with Crippen LogP contribution in [0.5, 0.6) is 0 Å². The summed E-state index contributed by atoms with van der Waals surface area (Å²) < 4.78 is 26.6. The van der Waals surface area contributed by atoms with Crippen LogP contribution in [0.1, 0.15) is 5.56 Å². The average molecular weight is 432 g/mol. The second-order valence-electron chi connectivity index (χ2n) is 5.25. The molecule has 0 fully saturated rings. The van der Waals surface area contributed by atoms with Gasteiger partial charge in [-0.15, -0.1) is 0 Å². The summed E-state index contributed by atoms with van der Waals surface area (Å²) in [6.45, 7) is 1.57. The van der Waals surface area contributed by atoms with Gasteiger partial charge in [0.25, 0.3) is 0 Å². The number of sulfonamides is 1. The topological polar surface area (TPSA) is 66.5 Å². The number of carbonyl (C=O) groups is 1. The third-order valence-electron chi connectivity index (χ3n) is 3.30. The van der Waals surface area contributed by atoms with Gasteiger partial charge in [0, 0.05) is 17.2 Å². The molecule has 2 aromatic carbocycles. The fourth-order valence-electron chi connectivity index (χ4n) is 1.95. The zero-order valence-corrected chi connectivity index (χ0v) is 16.2. The summed E-state index contributed by atoms with van der Waals surface area (Å²) in [5, 5.41) is 3.08. The lowest BCUT2D eigenvalue weighted by Gasteiger charge is -2.17. The largest absolute Gasteiger partial charge is 0.325 e. The molecule has 0 saturated heterocycles. The molecule has 2 rings (SSSR count). The van der Waals surface area contributed by atoms with Crippen molar-refractivity contribution in [1.29, 1.82) is 0 Å². The zero-order valence-electron chi connectivity index (χ0n) is 13.1. The number of hydrogen-bond acceptors (Lipinski definition) is 3. The normalized spacial score (nSPS) is 11.5. The van der Waals surface area contributed by atoms with Crippen molar-refractivity contribution < 1.29 is 13.2 Å². The molecule has 1 amide bonds. The monoisotopic (exact) mass is 430 g/mol. The highest BCUT2D eigenvalue weighted by molar-refractivity contribution is 9.10. The fourth-order valence-corrected chi connectivity index (χ4v) is 3.51.